The molecule has 12 heteroatoms. The molecule has 1 saturated heterocycles. The van der Waals surface area contributed by atoms with E-state index in [9.17, 15) is 29.2 Å². The van der Waals surface area contributed by atoms with Crippen molar-refractivity contribution in [2.45, 2.75) is 61.9 Å². The van der Waals surface area contributed by atoms with Gasteiger partial charge in [-0.2, -0.15) is 8.78 Å². The molecule has 0 spiro atoms. The highest BCUT2D eigenvalue weighted by molar-refractivity contribution is 5.72. The molecular formula is C28H28F2N4O6. The van der Waals surface area contributed by atoms with E-state index in [1.54, 1.807) is 43.3 Å². The molecule has 10 nitrogen and oxygen atoms in total. The Morgan fingerprint density at radius 3 is 2.65 bits per heavy atom. The van der Waals surface area contributed by atoms with Crippen LogP contribution in [0.3, 0.4) is 0 Å². The van der Waals surface area contributed by atoms with Crippen LogP contribution in [0.15, 0.2) is 61.2 Å². The average Bonchev–Trinajstić information content (AvgIpc) is 3.55. The van der Waals surface area contributed by atoms with E-state index in [1.807, 2.05) is 0 Å². The van der Waals surface area contributed by atoms with Crippen LogP contribution in [0.5, 0.6) is 5.75 Å². The van der Waals surface area contributed by atoms with Gasteiger partial charge < -0.3 is 29.9 Å². The van der Waals surface area contributed by atoms with Crippen molar-refractivity contribution in [3.05, 3.63) is 83.6 Å². The second-order valence-corrected chi connectivity index (χ2v) is 10.3. The van der Waals surface area contributed by atoms with E-state index in [0.29, 0.717) is 28.2 Å². The Hall–Kier alpha value is -3.55. The first-order valence-electron chi connectivity index (χ1n) is 12.9. The van der Waals surface area contributed by atoms with Gasteiger partial charge in [0.1, 0.15) is 48.6 Å². The van der Waals surface area contributed by atoms with E-state index in [-0.39, 0.29) is 30.6 Å². The quantitative estimate of drug-likeness (QED) is 0.271. The number of fused-ring (bicyclic) bond motifs is 2. The number of imidazole rings is 1. The van der Waals surface area contributed by atoms with Crippen molar-refractivity contribution in [2.24, 2.45) is 0 Å². The standard InChI is InChI=1S/C28H28F2N4O6/c1-15-21-25(32-13-31-15)34(14-33-21)26-23(36)22(35)20(40-26)12-39-17-6-4-5-16(11-17)9-10-27(38)19-8-3-2-7-18(19)24(37)28(27,29)30/h2-8,11,13-14,20,22-24,26,35-38H,9-10,12H2,1H3/t20-,22-,23-,24-,26-,27+/m1/s1. The van der Waals surface area contributed by atoms with Crippen LogP contribution in [0.1, 0.15) is 41.1 Å². The largest absolute Gasteiger partial charge is 0.491 e. The van der Waals surface area contributed by atoms with Gasteiger partial charge in [0, 0.05) is 0 Å². The molecule has 0 amide bonds. The first-order valence-corrected chi connectivity index (χ1v) is 12.9. The normalized spacial score (nSPS) is 29.1. The van der Waals surface area contributed by atoms with Crippen LogP contribution in [0.25, 0.3) is 11.2 Å². The predicted molar refractivity (Wildman–Crippen MR) is 136 cm³/mol. The molecule has 4 N–H and O–H groups in total. The number of aliphatic hydroxyl groups excluding tert-OH is 3. The highest BCUT2D eigenvalue weighted by Crippen LogP contribution is 2.56. The summed E-state index contributed by atoms with van der Waals surface area (Å²) in [6.07, 6.45) is -3.80. The Kier molecular flexibility index (Phi) is 6.55. The summed E-state index contributed by atoms with van der Waals surface area (Å²) in [5, 5.41) is 42.5. The molecule has 3 heterocycles. The van der Waals surface area contributed by atoms with Crippen molar-refractivity contribution in [3.63, 3.8) is 0 Å². The number of rotatable bonds is 7. The van der Waals surface area contributed by atoms with Crippen molar-refractivity contribution in [1.29, 1.82) is 0 Å². The Morgan fingerprint density at radius 2 is 1.82 bits per heavy atom. The maximum absolute atomic E-state index is 15.0. The van der Waals surface area contributed by atoms with Gasteiger partial charge in [-0.05, 0) is 48.6 Å². The first kappa shape index (κ1) is 26.7. The smallest absolute Gasteiger partial charge is 0.309 e. The van der Waals surface area contributed by atoms with Crippen LogP contribution >= 0.6 is 0 Å². The zero-order valence-electron chi connectivity index (χ0n) is 21.4. The van der Waals surface area contributed by atoms with E-state index in [0.717, 1.165) is 0 Å². The molecule has 0 radical (unpaired) electrons. The molecule has 6 atom stereocenters. The summed E-state index contributed by atoms with van der Waals surface area (Å²) in [7, 11) is 0. The van der Waals surface area contributed by atoms with Gasteiger partial charge in [-0.25, -0.2) is 15.0 Å². The summed E-state index contributed by atoms with van der Waals surface area (Å²) in [4.78, 5) is 12.6. The Morgan fingerprint density at radius 1 is 1.02 bits per heavy atom. The number of hydrogen-bond donors (Lipinski definition) is 4. The van der Waals surface area contributed by atoms with E-state index in [1.165, 1.54) is 29.4 Å². The summed E-state index contributed by atoms with van der Waals surface area (Å²) in [5.41, 5.74) is -0.160. The molecule has 1 fully saturated rings. The molecule has 0 bridgehead atoms. The van der Waals surface area contributed by atoms with E-state index >= 15 is 0 Å². The second kappa shape index (κ2) is 9.82. The summed E-state index contributed by atoms with van der Waals surface area (Å²) in [5.74, 6) is -3.35. The van der Waals surface area contributed by atoms with Crippen LogP contribution in [-0.2, 0) is 16.8 Å². The Bertz CT molecular complexity index is 1550. The third-order valence-corrected chi connectivity index (χ3v) is 7.84. The van der Waals surface area contributed by atoms with Gasteiger partial charge in [-0.1, -0.05) is 36.4 Å². The minimum absolute atomic E-state index is 0.0210. The number of hydrogen-bond acceptors (Lipinski definition) is 9. The fourth-order valence-corrected chi connectivity index (χ4v) is 5.56. The van der Waals surface area contributed by atoms with Crippen molar-refractivity contribution in [3.8, 4) is 5.75 Å². The van der Waals surface area contributed by atoms with Gasteiger partial charge >= 0.3 is 5.92 Å². The predicted octanol–water partition coefficient (Wildman–Crippen LogP) is 2.34. The average molecular weight is 555 g/mol. The van der Waals surface area contributed by atoms with Crippen LogP contribution in [0.2, 0.25) is 0 Å². The van der Waals surface area contributed by atoms with Gasteiger partial charge in [0.15, 0.2) is 17.5 Å². The highest BCUT2D eigenvalue weighted by Gasteiger charge is 2.64. The summed E-state index contributed by atoms with van der Waals surface area (Å²) in [6.45, 7) is 1.69. The maximum atomic E-state index is 15.0. The SMILES string of the molecule is Cc1ncnc2c1ncn2[C@@H]1O[C@H](COc2cccc(CC[C@]3(O)c4ccccc4[C@@H](O)C3(F)F)c2)[C@@H](O)[C@H]1O. The number of alkyl halides is 2. The third-order valence-electron chi connectivity index (χ3n) is 7.84. The zero-order chi connectivity index (χ0) is 28.2. The lowest BCUT2D eigenvalue weighted by molar-refractivity contribution is -0.226. The third kappa shape index (κ3) is 4.14. The molecule has 2 aromatic carbocycles. The molecule has 0 saturated carbocycles. The van der Waals surface area contributed by atoms with Crippen molar-refractivity contribution >= 4 is 11.2 Å². The molecule has 0 unspecified atom stereocenters. The number of ether oxygens (including phenoxy) is 2. The minimum atomic E-state index is -3.75. The van der Waals surface area contributed by atoms with Gasteiger partial charge in [0.25, 0.3) is 0 Å². The van der Waals surface area contributed by atoms with Gasteiger partial charge in [0.05, 0.1) is 12.0 Å². The lowest BCUT2D eigenvalue weighted by atomic mass is 9.86. The van der Waals surface area contributed by atoms with E-state index < -0.39 is 42.2 Å². The van der Waals surface area contributed by atoms with Gasteiger partial charge in [-0.15, -0.1) is 0 Å². The molecule has 2 aliphatic rings. The Balaban J connectivity index is 1.13. The molecule has 4 aromatic rings. The number of aromatic nitrogens is 4. The van der Waals surface area contributed by atoms with Gasteiger partial charge in [0.2, 0.25) is 0 Å². The molecule has 1 aliphatic carbocycles. The summed E-state index contributed by atoms with van der Waals surface area (Å²) < 4.78 is 43.2. The molecule has 210 valence electrons. The monoisotopic (exact) mass is 554 g/mol. The first-order chi connectivity index (χ1) is 19.1. The fourth-order valence-electron chi connectivity index (χ4n) is 5.56. The van der Waals surface area contributed by atoms with Crippen LogP contribution < -0.4 is 4.74 Å². The zero-order valence-corrected chi connectivity index (χ0v) is 21.4. The van der Waals surface area contributed by atoms with Crippen LogP contribution in [0, 0.1) is 6.92 Å². The number of aliphatic hydroxyl groups is 4. The van der Waals surface area contributed by atoms with Crippen LogP contribution in [-0.4, -0.2) is 70.8 Å². The van der Waals surface area contributed by atoms with Crippen molar-refractivity contribution < 1.29 is 38.7 Å². The molecule has 6 rings (SSSR count). The lowest BCUT2D eigenvalue weighted by Crippen LogP contribution is -2.44. The molecule has 40 heavy (non-hydrogen) atoms. The fraction of sp³-hybridized carbons (Fsp3) is 0.393. The number of benzene rings is 2. The van der Waals surface area contributed by atoms with Gasteiger partial charge in [-0.3, -0.25) is 4.57 Å². The number of aryl methyl sites for hydroxylation is 2. The highest BCUT2D eigenvalue weighted by atomic mass is 19.3. The topological polar surface area (TPSA) is 143 Å². The minimum Gasteiger partial charge on any atom is -0.491 e. The molecule has 1 aliphatic heterocycles. The Labute approximate surface area is 227 Å². The summed E-state index contributed by atoms with van der Waals surface area (Å²) in [6, 6.07) is 12.6. The van der Waals surface area contributed by atoms with Crippen molar-refractivity contribution in [1.82, 2.24) is 19.5 Å². The summed E-state index contributed by atoms with van der Waals surface area (Å²) >= 11 is 0. The molecular weight excluding hydrogens is 526 g/mol. The lowest BCUT2D eigenvalue weighted by Gasteiger charge is -2.32. The number of nitrogens with zero attached hydrogens (tertiary/aromatic N) is 4. The van der Waals surface area contributed by atoms with E-state index in [2.05, 4.69) is 15.0 Å². The maximum Gasteiger partial charge on any atom is 0.309 e. The molecule has 2 aromatic heterocycles. The van der Waals surface area contributed by atoms with Crippen molar-refractivity contribution in [2.75, 3.05) is 6.61 Å². The number of halogens is 2. The van der Waals surface area contributed by atoms with Crippen LogP contribution in [0.4, 0.5) is 8.78 Å². The van der Waals surface area contributed by atoms with E-state index in [4.69, 9.17) is 9.47 Å². The second-order valence-electron chi connectivity index (χ2n) is 10.3.